The Bertz CT molecular complexity index is 1120. The highest BCUT2D eigenvalue weighted by atomic mass is 19.4. The number of para-hydroxylation sites is 1. The summed E-state index contributed by atoms with van der Waals surface area (Å²) in [5.41, 5.74) is 4.95. The summed E-state index contributed by atoms with van der Waals surface area (Å²) in [6.45, 7) is 0. The van der Waals surface area contributed by atoms with Gasteiger partial charge in [-0.05, 0) is 58.5 Å². The molecule has 0 atom stereocenters. The smallest absolute Gasteiger partial charge is 0.355 e. The number of nitrogens with one attached hydrogen (secondary N) is 1. The molecule has 1 heterocycles. The van der Waals surface area contributed by atoms with E-state index in [0.29, 0.717) is 17.5 Å². The number of H-pyrrole nitrogens is 1. The third kappa shape index (κ3) is 2.25. The van der Waals surface area contributed by atoms with Crippen LogP contribution in [0.5, 0.6) is 0 Å². The van der Waals surface area contributed by atoms with Crippen LogP contribution in [0.25, 0.3) is 33.3 Å². The molecule has 0 bridgehead atoms. The van der Waals surface area contributed by atoms with Gasteiger partial charge in [-0.25, -0.2) is 0 Å². The van der Waals surface area contributed by atoms with E-state index in [1.807, 2.05) is 48.5 Å². The van der Waals surface area contributed by atoms with Crippen LogP contribution in [-0.4, -0.2) is 4.98 Å². The highest BCUT2D eigenvalue weighted by Gasteiger charge is 2.36. The Morgan fingerprint density at radius 2 is 1.65 bits per heavy atom. The average molecular weight is 349 g/mol. The first kappa shape index (κ1) is 15.3. The molecule has 1 aliphatic rings. The zero-order chi connectivity index (χ0) is 17.9. The normalized spacial score (nSPS) is 13.0. The first-order chi connectivity index (χ1) is 12.5. The molecule has 0 amide bonds. The Labute approximate surface area is 148 Å². The van der Waals surface area contributed by atoms with Crippen molar-refractivity contribution < 1.29 is 13.2 Å². The van der Waals surface area contributed by atoms with E-state index in [1.165, 1.54) is 12.1 Å². The minimum Gasteiger partial charge on any atom is -0.355 e. The minimum absolute atomic E-state index is 0.327. The van der Waals surface area contributed by atoms with Gasteiger partial charge in [0.1, 0.15) is 0 Å². The van der Waals surface area contributed by atoms with Gasteiger partial charge in [0.05, 0.1) is 5.56 Å². The molecule has 1 aromatic heterocycles. The standard InChI is InChI=1S/C22H14F3N/c23-22(24,25)18-6-3-5-16-10-13-8-9-15(11-17(13)21(16)18)20-12-14-4-1-2-7-19(14)26-20/h1-9,11-12,26H,10H2. The van der Waals surface area contributed by atoms with Gasteiger partial charge in [0.15, 0.2) is 0 Å². The summed E-state index contributed by atoms with van der Waals surface area (Å²) >= 11 is 0. The van der Waals surface area contributed by atoms with Crippen molar-refractivity contribution in [2.45, 2.75) is 12.6 Å². The maximum Gasteiger partial charge on any atom is 0.417 e. The second-order valence-corrected chi connectivity index (χ2v) is 6.66. The summed E-state index contributed by atoms with van der Waals surface area (Å²) in [5.74, 6) is 0. The number of alkyl halides is 3. The van der Waals surface area contributed by atoms with Crippen molar-refractivity contribution in [1.82, 2.24) is 4.98 Å². The summed E-state index contributed by atoms with van der Waals surface area (Å²) in [6, 6.07) is 20.2. The Balaban J connectivity index is 1.70. The topological polar surface area (TPSA) is 15.8 Å². The molecule has 1 N–H and O–H groups in total. The molecular weight excluding hydrogens is 335 g/mol. The molecule has 0 spiro atoms. The average Bonchev–Trinajstić information content (AvgIpc) is 3.21. The highest BCUT2D eigenvalue weighted by molar-refractivity contribution is 5.88. The first-order valence-corrected chi connectivity index (χ1v) is 8.41. The fraction of sp³-hybridized carbons (Fsp3) is 0.0909. The fourth-order valence-corrected chi connectivity index (χ4v) is 3.87. The fourth-order valence-electron chi connectivity index (χ4n) is 3.87. The second-order valence-electron chi connectivity index (χ2n) is 6.66. The Kier molecular flexibility index (Phi) is 3.08. The van der Waals surface area contributed by atoms with Crippen LogP contribution in [-0.2, 0) is 12.6 Å². The van der Waals surface area contributed by atoms with Gasteiger partial charge in [0, 0.05) is 16.6 Å². The van der Waals surface area contributed by atoms with Gasteiger partial charge in [-0.3, -0.25) is 0 Å². The number of fused-ring (bicyclic) bond motifs is 4. The van der Waals surface area contributed by atoms with E-state index in [9.17, 15) is 13.2 Å². The van der Waals surface area contributed by atoms with Gasteiger partial charge in [0.25, 0.3) is 0 Å². The molecule has 5 rings (SSSR count). The Morgan fingerprint density at radius 1 is 0.808 bits per heavy atom. The zero-order valence-corrected chi connectivity index (χ0v) is 13.7. The lowest BCUT2D eigenvalue weighted by Crippen LogP contribution is -2.07. The summed E-state index contributed by atoms with van der Waals surface area (Å²) < 4.78 is 40.5. The largest absolute Gasteiger partial charge is 0.417 e. The number of hydrogen-bond donors (Lipinski definition) is 1. The number of aromatic amines is 1. The number of benzene rings is 3. The van der Waals surface area contributed by atoms with Crippen LogP contribution in [0.1, 0.15) is 16.7 Å². The quantitative estimate of drug-likeness (QED) is 0.359. The van der Waals surface area contributed by atoms with E-state index >= 15 is 0 Å². The number of rotatable bonds is 1. The molecule has 128 valence electrons. The van der Waals surface area contributed by atoms with Gasteiger partial charge >= 0.3 is 6.18 Å². The van der Waals surface area contributed by atoms with E-state index in [0.717, 1.165) is 33.3 Å². The lowest BCUT2D eigenvalue weighted by atomic mass is 9.97. The third-order valence-electron chi connectivity index (χ3n) is 5.06. The second kappa shape index (κ2) is 5.24. The molecule has 26 heavy (non-hydrogen) atoms. The van der Waals surface area contributed by atoms with Crippen molar-refractivity contribution >= 4 is 10.9 Å². The number of halogens is 3. The molecule has 1 nitrogen and oxygen atoms in total. The molecule has 0 aliphatic heterocycles. The van der Waals surface area contributed by atoms with Crippen molar-refractivity contribution in [3.05, 3.63) is 83.4 Å². The summed E-state index contributed by atoms with van der Waals surface area (Å²) in [7, 11) is 0. The van der Waals surface area contributed by atoms with E-state index in [2.05, 4.69) is 4.98 Å². The maximum atomic E-state index is 13.5. The van der Waals surface area contributed by atoms with E-state index in [4.69, 9.17) is 0 Å². The molecular formula is C22H14F3N. The van der Waals surface area contributed by atoms with Crippen molar-refractivity contribution in [1.29, 1.82) is 0 Å². The van der Waals surface area contributed by atoms with Crippen LogP contribution in [0.4, 0.5) is 13.2 Å². The van der Waals surface area contributed by atoms with Crippen LogP contribution in [0.2, 0.25) is 0 Å². The zero-order valence-electron chi connectivity index (χ0n) is 13.7. The SMILES string of the molecule is FC(F)(F)c1cccc2c1-c1cc(-c3cc4ccccc4[nH]3)ccc1C2. The molecule has 0 fully saturated rings. The van der Waals surface area contributed by atoms with Gasteiger partial charge in [-0.2, -0.15) is 13.2 Å². The molecule has 0 saturated heterocycles. The van der Waals surface area contributed by atoms with Crippen LogP contribution >= 0.6 is 0 Å². The number of aromatic nitrogens is 1. The van der Waals surface area contributed by atoms with E-state index in [-0.39, 0.29) is 0 Å². The van der Waals surface area contributed by atoms with Crippen LogP contribution in [0.15, 0.2) is 66.7 Å². The van der Waals surface area contributed by atoms with Crippen LogP contribution < -0.4 is 0 Å². The van der Waals surface area contributed by atoms with Gasteiger partial charge < -0.3 is 4.98 Å². The van der Waals surface area contributed by atoms with Crippen LogP contribution in [0, 0.1) is 0 Å². The Morgan fingerprint density at radius 3 is 2.46 bits per heavy atom. The van der Waals surface area contributed by atoms with Gasteiger partial charge in [-0.1, -0.05) is 42.5 Å². The number of hydrogen-bond acceptors (Lipinski definition) is 0. The van der Waals surface area contributed by atoms with E-state index < -0.39 is 11.7 Å². The highest BCUT2D eigenvalue weighted by Crippen LogP contribution is 2.45. The predicted molar refractivity (Wildman–Crippen MR) is 97.0 cm³/mol. The van der Waals surface area contributed by atoms with Gasteiger partial charge in [0.2, 0.25) is 0 Å². The maximum absolute atomic E-state index is 13.5. The molecule has 0 unspecified atom stereocenters. The minimum atomic E-state index is -4.36. The summed E-state index contributed by atoms with van der Waals surface area (Å²) in [4.78, 5) is 3.35. The summed E-state index contributed by atoms with van der Waals surface area (Å²) in [6.07, 6.45) is -3.81. The van der Waals surface area contributed by atoms with Crippen molar-refractivity contribution in [3.63, 3.8) is 0 Å². The first-order valence-electron chi connectivity index (χ1n) is 8.41. The van der Waals surface area contributed by atoms with Crippen molar-refractivity contribution in [2.24, 2.45) is 0 Å². The van der Waals surface area contributed by atoms with Crippen molar-refractivity contribution in [3.8, 4) is 22.4 Å². The monoisotopic (exact) mass is 349 g/mol. The third-order valence-corrected chi connectivity index (χ3v) is 5.06. The molecule has 4 aromatic rings. The molecule has 0 radical (unpaired) electrons. The van der Waals surface area contributed by atoms with E-state index in [1.54, 1.807) is 6.07 Å². The lowest BCUT2D eigenvalue weighted by Gasteiger charge is -2.13. The predicted octanol–water partition coefficient (Wildman–Crippen LogP) is 6.42. The molecule has 4 heteroatoms. The lowest BCUT2D eigenvalue weighted by molar-refractivity contribution is -0.137. The summed E-state index contributed by atoms with van der Waals surface area (Å²) in [5, 5.41) is 1.08. The van der Waals surface area contributed by atoms with Crippen molar-refractivity contribution in [2.75, 3.05) is 0 Å². The van der Waals surface area contributed by atoms with Gasteiger partial charge in [-0.15, -0.1) is 0 Å². The molecule has 0 saturated carbocycles. The molecule has 3 aromatic carbocycles. The van der Waals surface area contributed by atoms with Crippen LogP contribution in [0.3, 0.4) is 0 Å². The Hall–Kier alpha value is -3.01. The molecule has 1 aliphatic carbocycles.